The Bertz CT molecular complexity index is 460. The van der Waals surface area contributed by atoms with Gasteiger partial charge in [-0.2, -0.15) is 0 Å². The summed E-state index contributed by atoms with van der Waals surface area (Å²) < 4.78 is 30.3. The van der Waals surface area contributed by atoms with E-state index in [9.17, 15) is 10.2 Å². The Kier molecular flexibility index (Phi) is 1.09. The van der Waals surface area contributed by atoms with Crippen LogP contribution in [0.15, 0.2) is 12.1 Å². The van der Waals surface area contributed by atoms with E-state index in [1.54, 1.807) is 0 Å². The van der Waals surface area contributed by atoms with E-state index in [2.05, 4.69) is 5.32 Å². The summed E-state index contributed by atoms with van der Waals surface area (Å²) in [6.45, 7) is -2.28. The molecule has 1 aliphatic rings. The van der Waals surface area contributed by atoms with Crippen LogP contribution in [0.2, 0.25) is 0 Å². The summed E-state index contributed by atoms with van der Waals surface area (Å²) in [7, 11) is 0. The second-order valence-electron chi connectivity index (χ2n) is 3.01. The molecule has 0 fully saturated rings. The van der Waals surface area contributed by atoms with Crippen molar-refractivity contribution in [3.8, 4) is 11.5 Å². The molecule has 1 atom stereocenters. The number of benzene rings is 1. The van der Waals surface area contributed by atoms with Crippen molar-refractivity contribution in [2.45, 2.75) is 19.3 Å². The van der Waals surface area contributed by atoms with Gasteiger partial charge < -0.3 is 15.5 Å². The van der Waals surface area contributed by atoms with Crippen LogP contribution in [-0.4, -0.2) is 16.8 Å². The SMILES string of the molecule is [2H]C([2H])([2H])C1([2H])NCCc2c1ccc(O)c2O. The second kappa shape index (κ2) is 2.92. The Morgan fingerprint density at radius 2 is 2.46 bits per heavy atom. The Labute approximate surface area is 82.6 Å². The van der Waals surface area contributed by atoms with E-state index in [1.165, 1.54) is 12.1 Å². The molecule has 0 aliphatic carbocycles. The van der Waals surface area contributed by atoms with Gasteiger partial charge in [0.2, 0.25) is 0 Å². The smallest absolute Gasteiger partial charge is 0.161 e. The van der Waals surface area contributed by atoms with Gasteiger partial charge in [0, 0.05) is 15.7 Å². The Morgan fingerprint density at radius 3 is 3.23 bits per heavy atom. The number of hydrogen-bond donors (Lipinski definition) is 3. The fraction of sp³-hybridized carbons (Fsp3) is 0.400. The number of phenolic OH excluding ortho intramolecular Hbond substituents is 2. The molecule has 1 aromatic rings. The maximum Gasteiger partial charge on any atom is 0.161 e. The van der Waals surface area contributed by atoms with Crippen LogP contribution in [0.25, 0.3) is 0 Å². The second-order valence-corrected chi connectivity index (χ2v) is 3.01. The van der Waals surface area contributed by atoms with Crippen molar-refractivity contribution in [3.05, 3.63) is 23.3 Å². The first kappa shape index (κ1) is 4.86. The summed E-state index contributed by atoms with van der Waals surface area (Å²) in [5.41, 5.74) is 0.522. The van der Waals surface area contributed by atoms with E-state index in [0.29, 0.717) is 12.0 Å². The van der Waals surface area contributed by atoms with Crippen LogP contribution in [0.4, 0.5) is 0 Å². The van der Waals surface area contributed by atoms with Crippen molar-refractivity contribution in [3.63, 3.8) is 0 Å². The molecule has 1 unspecified atom stereocenters. The Balaban J connectivity index is 2.64. The highest BCUT2D eigenvalue weighted by atomic mass is 16.3. The van der Waals surface area contributed by atoms with Gasteiger partial charge in [-0.25, -0.2) is 0 Å². The van der Waals surface area contributed by atoms with Gasteiger partial charge in [0.15, 0.2) is 11.5 Å². The molecule has 3 nitrogen and oxygen atoms in total. The minimum atomic E-state index is -2.55. The third-order valence-corrected chi connectivity index (χ3v) is 2.21. The lowest BCUT2D eigenvalue weighted by Gasteiger charge is -2.24. The predicted molar refractivity (Wildman–Crippen MR) is 49.9 cm³/mol. The first-order valence-electron chi connectivity index (χ1n) is 6.07. The highest BCUT2D eigenvalue weighted by Gasteiger charge is 2.19. The molecule has 0 amide bonds. The minimum absolute atomic E-state index is 0.194. The summed E-state index contributed by atoms with van der Waals surface area (Å²) in [4.78, 5) is 0. The van der Waals surface area contributed by atoms with Crippen molar-refractivity contribution in [2.24, 2.45) is 0 Å². The molecular weight excluding hydrogens is 166 g/mol. The van der Waals surface area contributed by atoms with Crippen molar-refractivity contribution in [1.82, 2.24) is 5.32 Å². The fourth-order valence-corrected chi connectivity index (χ4v) is 1.52. The van der Waals surface area contributed by atoms with Crippen LogP contribution < -0.4 is 5.32 Å². The number of hydrogen-bond acceptors (Lipinski definition) is 3. The fourth-order valence-electron chi connectivity index (χ4n) is 1.52. The predicted octanol–water partition coefficient (Wildman–Crippen LogP) is 1.30. The van der Waals surface area contributed by atoms with E-state index in [-0.39, 0.29) is 23.6 Å². The normalized spacial score (nSPS) is 32.3. The lowest BCUT2D eigenvalue weighted by molar-refractivity contribution is 0.392. The highest BCUT2D eigenvalue weighted by Crippen LogP contribution is 2.35. The van der Waals surface area contributed by atoms with Crippen molar-refractivity contribution in [1.29, 1.82) is 0 Å². The van der Waals surface area contributed by atoms with Gasteiger partial charge in [-0.3, -0.25) is 0 Å². The zero-order chi connectivity index (χ0) is 12.8. The molecule has 0 aromatic heterocycles. The van der Waals surface area contributed by atoms with Gasteiger partial charge in [-0.05, 0) is 31.4 Å². The van der Waals surface area contributed by atoms with E-state index in [4.69, 9.17) is 5.48 Å². The molecule has 1 aliphatic heterocycles. The number of phenols is 2. The molecule has 2 rings (SSSR count). The summed E-state index contributed by atoms with van der Waals surface area (Å²) in [5, 5.41) is 21.7. The highest BCUT2D eigenvalue weighted by molar-refractivity contribution is 5.50. The summed E-state index contributed by atoms with van der Waals surface area (Å²) in [5.74, 6) is -0.622. The summed E-state index contributed by atoms with van der Waals surface area (Å²) in [6.07, 6.45) is 0.381. The van der Waals surface area contributed by atoms with Gasteiger partial charge in [0.05, 0.1) is 1.37 Å². The minimum Gasteiger partial charge on any atom is -0.504 e. The van der Waals surface area contributed by atoms with E-state index in [0.717, 1.165) is 0 Å². The third kappa shape index (κ3) is 1.25. The summed E-state index contributed by atoms with van der Waals surface area (Å²) in [6, 6.07) is 0.637. The molecule has 3 N–H and O–H groups in total. The van der Waals surface area contributed by atoms with Gasteiger partial charge in [-0.1, -0.05) is 6.07 Å². The van der Waals surface area contributed by atoms with Gasteiger partial charge in [-0.15, -0.1) is 0 Å². The molecule has 0 spiro atoms. The van der Waals surface area contributed by atoms with Crippen LogP contribution >= 0.6 is 0 Å². The maximum absolute atomic E-state index is 9.70. The molecule has 0 bridgehead atoms. The molecule has 1 aromatic carbocycles. The number of nitrogens with one attached hydrogen (secondary N) is 1. The van der Waals surface area contributed by atoms with Crippen LogP contribution in [0.1, 0.15) is 29.5 Å². The molecule has 1 heterocycles. The lowest BCUT2D eigenvalue weighted by Crippen LogP contribution is -2.27. The van der Waals surface area contributed by atoms with Gasteiger partial charge in [0.25, 0.3) is 0 Å². The van der Waals surface area contributed by atoms with Crippen molar-refractivity contribution in [2.75, 3.05) is 6.54 Å². The Hall–Kier alpha value is -1.22. The van der Waals surface area contributed by atoms with Crippen molar-refractivity contribution < 1.29 is 15.7 Å². The first-order valence-corrected chi connectivity index (χ1v) is 4.07. The Morgan fingerprint density at radius 1 is 1.62 bits per heavy atom. The molecule has 0 saturated heterocycles. The number of fused-ring (bicyclic) bond motifs is 1. The standard InChI is InChI=1S/C10H13NO2/c1-6-7-2-3-9(12)10(13)8(7)4-5-11-6/h2-3,6,11-13H,4-5H2,1H3/i1D3,6D. The molecule has 3 heteroatoms. The lowest BCUT2D eigenvalue weighted by atomic mass is 9.94. The molecule has 0 radical (unpaired) electrons. The third-order valence-electron chi connectivity index (χ3n) is 2.21. The zero-order valence-corrected chi connectivity index (χ0v) is 6.96. The van der Waals surface area contributed by atoms with E-state index >= 15 is 0 Å². The molecule has 70 valence electrons. The number of aromatic hydroxyl groups is 2. The van der Waals surface area contributed by atoms with Gasteiger partial charge in [0.1, 0.15) is 0 Å². The summed E-state index contributed by atoms with van der Waals surface area (Å²) >= 11 is 0. The monoisotopic (exact) mass is 183 g/mol. The van der Waals surface area contributed by atoms with Crippen LogP contribution in [0.5, 0.6) is 11.5 Å². The maximum atomic E-state index is 9.70. The molecule has 13 heavy (non-hydrogen) atoms. The van der Waals surface area contributed by atoms with Gasteiger partial charge >= 0.3 is 0 Å². The average Bonchev–Trinajstić information content (AvgIpc) is 2.23. The zero-order valence-electron chi connectivity index (χ0n) is 11.0. The number of rotatable bonds is 0. The average molecular weight is 183 g/mol. The first-order chi connectivity index (χ1) is 7.77. The largest absolute Gasteiger partial charge is 0.504 e. The topological polar surface area (TPSA) is 52.5 Å². The quantitative estimate of drug-likeness (QED) is 0.531. The molecular formula is C10H13NO2. The van der Waals surface area contributed by atoms with Crippen LogP contribution in [0.3, 0.4) is 0 Å². The van der Waals surface area contributed by atoms with Crippen LogP contribution in [0, 0.1) is 0 Å². The van der Waals surface area contributed by atoms with E-state index in [1.807, 2.05) is 0 Å². The van der Waals surface area contributed by atoms with E-state index < -0.39 is 12.9 Å². The van der Waals surface area contributed by atoms with Crippen LogP contribution in [-0.2, 0) is 6.42 Å². The van der Waals surface area contributed by atoms with Crippen molar-refractivity contribution >= 4 is 0 Å². The molecule has 0 saturated carbocycles.